The Morgan fingerprint density at radius 3 is 3.00 bits per heavy atom. The highest BCUT2D eigenvalue weighted by atomic mass is 32.2. The van der Waals surface area contributed by atoms with Gasteiger partial charge in [0.1, 0.15) is 5.82 Å². The van der Waals surface area contributed by atoms with Crippen molar-refractivity contribution in [2.75, 3.05) is 24.7 Å². The lowest BCUT2D eigenvalue weighted by atomic mass is 10.2. The van der Waals surface area contributed by atoms with Gasteiger partial charge in [-0.15, -0.1) is 0 Å². The zero-order chi connectivity index (χ0) is 11.6. The molecular weight excluding hydrogens is 226 g/mol. The largest absolute Gasteiger partial charge is 0.373 e. The van der Waals surface area contributed by atoms with Gasteiger partial charge in [-0.25, -0.2) is 13.4 Å². The van der Waals surface area contributed by atoms with Gasteiger partial charge in [-0.3, -0.25) is 0 Å². The standard InChI is InChI=1S/C10H15N3O2S/c1-11-10-9(4-2-5-12-10)8-13-6-3-7-16(13,14)15/h2,4-5H,3,6-8H2,1H3,(H,11,12). The molecule has 0 aliphatic carbocycles. The number of hydrogen-bond acceptors (Lipinski definition) is 4. The first kappa shape index (κ1) is 11.3. The van der Waals surface area contributed by atoms with Crippen LogP contribution in [0.2, 0.25) is 0 Å². The molecule has 88 valence electrons. The van der Waals surface area contributed by atoms with Crippen LogP contribution >= 0.6 is 0 Å². The van der Waals surface area contributed by atoms with Crippen molar-refractivity contribution in [2.45, 2.75) is 13.0 Å². The molecule has 0 saturated carbocycles. The van der Waals surface area contributed by atoms with Gasteiger partial charge >= 0.3 is 0 Å². The maximum Gasteiger partial charge on any atom is 0.214 e. The van der Waals surface area contributed by atoms with Gasteiger partial charge < -0.3 is 5.32 Å². The fourth-order valence-corrected chi connectivity index (χ4v) is 3.35. The van der Waals surface area contributed by atoms with E-state index in [0.29, 0.717) is 13.1 Å². The Bertz CT molecular complexity index is 473. The number of aromatic nitrogens is 1. The number of pyridine rings is 1. The summed E-state index contributed by atoms with van der Waals surface area (Å²) in [6.45, 7) is 1.02. The molecule has 6 heteroatoms. The molecule has 1 saturated heterocycles. The van der Waals surface area contributed by atoms with Gasteiger partial charge in [0.05, 0.1) is 5.75 Å². The third-order valence-corrected chi connectivity index (χ3v) is 4.58. The molecule has 0 atom stereocenters. The molecule has 5 nitrogen and oxygen atoms in total. The van der Waals surface area contributed by atoms with Crippen LogP contribution in [-0.4, -0.2) is 37.1 Å². The molecule has 1 aliphatic rings. The van der Waals surface area contributed by atoms with E-state index in [2.05, 4.69) is 10.3 Å². The first-order chi connectivity index (χ1) is 7.63. The van der Waals surface area contributed by atoms with Crippen molar-refractivity contribution in [3.05, 3.63) is 23.9 Å². The SMILES string of the molecule is CNc1ncccc1CN1CCCS1(=O)=O. The second-order valence-corrected chi connectivity index (χ2v) is 5.85. The lowest BCUT2D eigenvalue weighted by Crippen LogP contribution is -2.25. The highest BCUT2D eigenvalue weighted by molar-refractivity contribution is 7.89. The van der Waals surface area contributed by atoms with Crippen molar-refractivity contribution in [1.29, 1.82) is 0 Å². The molecule has 0 spiro atoms. The highest BCUT2D eigenvalue weighted by Crippen LogP contribution is 2.20. The monoisotopic (exact) mass is 241 g/mol. The summed E-state index contributed by atoms with van der Waals surface area (Å²) >= 11 is 0. The van der Waals surface area contributed by atoms with Crippen molar-refractivity contribution in [2.24, 2.45) is 0 Å². The Morgan fingerprint density at radius 2 is 2.38 bits per heavy atom. The van der Waals surface area contributed by atoms with Gasteiger partial charge in [0.25, 0.3) is 0 Å². The third kappa shape index (κ3) is 2.17. The Morgan fingerprint density at radius 1 is 1.56 bits per heavy atom. The summed E-state index contributed by atoms with van der Waals surface area (Å²) in [7, 11) is -1.25. The molecule has 2 rings (SSSR count). The van der Waals surface area contributed by atoms with Crippen LogP contribution in [0.4, 0.5) is 5.82 Å². The van der Waals surface area contributed by atoms with Gasteiger partial charge in [0.2, 0.25) is 10.0 Å². The zero-order valence-corrected chi connectivity index (χ0v) is 10.00. The van der Waals surface area contributed by atoms with Gasteiger partial charge in [-0.2, -0.15) is 4.31 Å². The molecule has 0 unspecified atom stereocenters. The lowest BCUT2D eigenvalue weighted by Gasteiger charge is -2.15. The van der Waals surface area contributed by atoms with Crippen LogP contribution in [0.1, 0.15) is 12.0 Å². The van der Waals surface area contributed by atoms with Crippen molar-refractivity contribution in [3.63, 3.8) is 0 Å². The van der Waals surface area contributed by atoms with Crippen LogP contribution in [0.3, 0.4) is 0 Å². The number of nitrogens with one attached hydrogen (secondary N) is 1. The van der Waals surface area contributed by atoms with Crippen molar-refractivity contribution < 1.29 is 8.42 Å². The van der Waals surface area contributed by atoms with Crippen molar-refractivity contribution in [1.82, 2.24) is 9.29 Å². The predicted octanol–water partition coefficient (Wildman–Crippen LogP) is 0.659. The van der Waals surface area contributed by atoms with E-state index in [-0.39, 0.29) is 5.75 Å². The summed E-state index contributed by atoms with van der Waals surface area (Å²) < 4.78 is 24.8. The lowest BCUT2D eigenvalue weighted by molar-refractivity contribution is 0.440. The van der Waals surface area contributed by atoms with Gasteiger partial charge in [-0.05, 0) is 12.5 Å². The Balaban J connectivity index is 2.21. The first-order valence-corrected chi connectivity index (χ1v) is 6.84. The number of sulfonamides is 1. The normalized spacial score (nSPS) is 19.8. The molecule has 1 aromatic rings. The number of rotatable bonds is 3. The molecule has 0 radical (unpaired) electrons. The summed E-state index contributed by atoms with van der Waals surface area (Å²) in [6.07, 6.45) is 2.41. The molecule has 0 amide bonds. The maximum atomic E-state index is 11.7. The molecule has 1 aliphatic heterocycles. The van der Waals surface area contributed by atoms with E-state index < -0.39 is 10.0 Å². The van der Waals surface area contributed by atoms with Crippen LogP contribution in [0.5, 0.6) is 0 Å². The second kappa shape index (κ2) is 4.39. The van der Waals surface area contributed by atoms with Gasteiger partial charge in [0.15, 0.2) is 0 Å². The molecule has 2 heterocycles. The van der Waals surface area contributed by atoms with E-state index in [9.17, 15) is 8.42 Å². The summed E-state index contributed by atoms with van der Waals surface area (Å²) in [5, 5.41) is 2.96. The average molecular weight is 241 g/mol. The minimum atomic E-state index is -3.03. The molecule has 1 N–H and O–H groups in total. The number of nitrogens with zero attached hydrogens (tertiary/aromatic N) is 2. The molecular formula is C10H15N3O2S. The van der Waals surface area contributed by atoms with E-state index in [1.807, 2.05) is 12.1 Å². The van der Waals surface area contributed by atoms with E-state index >= 15 is 0 Å². The molecule has 16 heavy (non-hydrogen) atoms. The Kier molecular flexibility index (Phi) is 3.11. The Labute approximate surface area is 95.5 Å². The van der Waals surface area contributed by atoms with E-state index in [1.165, 1.54) is 4.31 Å². The predicted molar refractivity (Wildman–Crippen MR) is 62.6 cm³/mol. The second-order valence-electron chi connectivity index (χ2n) is 3.76. The van der Waals surface area contributed by atoms with Gasteiger partial charge in [-0.1, -0.05) is 6.07 Å². The van der Waals surface area contributed by atoms with E-state index in [0.717, 1.165) is 17.8 Å². The fourth-order valence-electron chi connectivity index (χ4n) is 1.85. The van der Waals surface area contributed by atoms with Gasteiger partial charge in [0, 0.05) is 31.9 Å². The number of anilines is 1. The summed E-state index contributed by atoms with van der Waals surface area (Å²) in [6, 6.07) is 3.71. The summed E-state index contributed by atoms with van der Waals surface area (Å²) in [5.74, 6) is 1.01. The minimum absolute atomic E-state index is 0.266. The summed E-state index contributed by atoms with van der Waals surface area (Å²) in [4.78, 5) is 4.15. The van der Waals surface area contributed by atoms with E-state index in [1.54, 1.807) is 13.2 Å². The van der Waals surface area contributed by atoms with E-state index in [4.69, 9.17) is 0 Å². The fraction of sp³-hybridized carbons (Fsp3) is 0.500. The van der Waals surface area contributed by atoms with Crippen LogP contribution in [0.15, 0.2) is 18.3 Å². The molecule has 1 aromatic heterocycles. The maximum absolute atomic E-state index is 11.7. The van der Waals surface area contributed by atoms with Crippen LogP contribution in [0.25, 0.3) is 0 Å². The quantitative estimate of drug-likeness (QED) is 0.844. The summed E-state index contributed by atoms with van der Waals surface area (Å²) in [5.41, 5.74) is 0.912. The molecule has 0 bridgehead atoms. The first-order valence-electron chi connectivity index (χ1n) is 5.23. The van der Waals surface area contributed by atoms with Crippen molar-refractivity contribution in [3.8, 4) is 0 Å². The van der Waals surface area contributed by atoms with Crippen LogP contribution < -0.4 is 5.32 Å². The Hall–Kier alpha value is -1.14. The topological polar surface area (TPSA) is 62.3 Å². The molecule has 0 aromatic carbocycles. The smallest absolute Gasteiger partial charge is 0.214 e. The number of hydrogen-bond donors (Lipinski definition) is 1. The molecule has 1 fully saturated rings. The van der Waals surface area contributed by atoms with Crippen LogP contribution in [-0.2, 0) is 16.6 Å². The minimum Gasteiger partial charge on any atom is -0.373 e. The average Bonchev–Trinajstić information content (AvgIpc) is 2.59. The van der Waals surface area contributed by atoms with Crippen LogP contribution in [0, 0.1) is 0 Å². The highest BCUT2D eigenvalue weighted by Gasteiger charge is 2.28. The van der Waals surface area contributed by atoms with Crippen molar-refractivity contribution >= 4 is 15.8 Å². The zero-order valence-electron chi connectivity index (χ0n) is 9.18. The third-order valence-electron chi connectivity index (χ3n) is 2.68.